The molecule has 2 atom stereocenters. The number of likely N-dealkylation sites (tertiary alicyclic amines) is 2. The van der Waals surface area contributed by atoms with E-state index in [0.717, 1.165) is 62.9 Å². The van der Waals surface area contributed by atoms with E-state index < -0.39 is 0 Å². The summed E-state index contributed by atoms with van der Waals surface area (Å²) in [5, 5.41) is 0. The van der Waals surface area contributed by atoms with Gasteiger partial charge in [-0.3, -0.25) is 9.59 Å². The van der Waals surface area contributed by atoms with E-state index in [1.165, 1.54) is 6.42 Å². The molecule has 3 fully saturated rings. The summed E-state index contributed by atoms with van der Waals surface area (Å²) in [4.78, 5) is 30.4. The highest BCUT2D eigenvalue weighted by Gasteiger charge is 2.43. The van der Waals surface area contributed by atoms with E-state index in [2.05, 4.69) is 12.1 Å². The Kier molecular flexibility index (Phi) is 5.88. The predicted molar refractivity (Wildman–Crippen MR) is 108 cm³/mol. The molecule has 3 aliphatic rings. The molecule has 1 aliphatic carbocycles. The lowest BCUT2D eigenvalue weighted by molar-refractivity contribution is -0.137. The number of carbonyl (C=O) groups is 2. The normalized spacial score (nSPS) is 25.9. The Balaban J connectivity index is 1.55. The van der Waals surface area contributed by atoms with E-state index in [1.807, 2.05) is 21.9 Å². The molecule has 0 radical (unpaired) electrons. The number of methoxy groups -OCH3 is 1. The zero-order valence-corrected chi connectivity index (χ0v) is 16.9. The number of hydrogen-bond donors (Lipinski definition) is 0. The van der Waals surface area contributed by atoms with Crippen molar-refractivity contribution in [3.05, 3.63) is 29.8 Å². The summed E-state index contributed by atoms with van der Waals surface area (Å²) in [6.07, 6.45) is 7.72. The number of hydrogen-bond acceptors (Lipinski definition) is 3. The molecule has 1 aromatic carbocycles. The van der Waals surface area contributed by atoms with Crippen LogP contribution >= 0.6 is 0 Å². The molecule has 2 amide bonds. The summed E-state index contributed by atoms with van der Waals surface area (Å²) in [5.41, 5.74) is 1.14. The Bertz CT molecular complexity index is 690. The van der Waals surface area contributed by atoms with Crippen LogP contribution in [0.25, 0.3) is 0 Å². The van der Waals surface area contributed by atoms with Crippen LogP contribution in [0.15, 0.2) is 24.3 Å². The van der Waals surface area contributed by atoms with Crippen LogP contribution in [0.1, 0.15) is 56.4 Å². The van der Waals surface area contributed by atoms with Gasteiger partial charge in [-0.15, -0.1) is 0 Å². The first kappa shape index (κ1) is 19.3. The van der Waals surface area contributed by atoms with Crippen LogP contribution in [0.5, 0.6) is 5.75 Å². The summed E-state index contributed by atoms with van der Waals surface area (Å²) in [6.45, 7) is 2.95. The summed E-state index contributed by atoms with van der Waals surface area (Å²) < 4.78 is 5.29. The van der Waals surface area contributed by atoms with Crippen molar-refractivity contribution in [1.82, 2.24) is 9.80 Å². The van der Waals surface area contributed by atoms with Gasteiger partial charge in [-0.2, -0.15) is 0 Å². The quantitative estimate of drug-likeness (QED) is 0.799. The predicted octanol–water partition coefficient (Wildman–Crippen LogP) is 3.44. The molecule has 1 aromatic rings. The minimum absolute atomic E-state index is 0.0747. The van der Waals surface area contributed by atoms with Crippen molar-refractivity contribution < 1.29 is 14.3 Å². The number of rotatable bonds is 4. The van der Waals surface area contributed by atoms with E-state index in [0.29, 0.717) is 13.1 Å². The second-order valence-electron chi connectivity index (χ2n) is 8.60. The Morgan fingerprint density at radius 2 is 1.54 bits per heavy atom. The fraction of sp³-hybridized carbons (Fsp3) is 0.652. The average Bonchev–Trinajstić information content (AvgIpc) is 3.44. The monoisotopic (exact) mass is 384 g/mol. The zero-order chi connectivity index (χ0) is 19.5. The fourth-order valence-electron chi connectivity index (χ4n) is 5.20. The Hall–Kier alpha value is -2.04. The molecule has 5 heteroatoms. The lowest BCUT2D eigenvalue weighted by Gasteiger charge is -2.31. The Morgan fingerprint density at radius 3 is 2.18 bits per heavy atom. The molecule has 28 heavy (non-hydrogen) atoms. The van der Waals surface area contributed by atoms with Gasteiger partial charge in [0.1, 0.15) is 5.75 Å². The van der Waals surface area contributed by atoms with Crippen molar-refractivity contribution in [3.8, 4) is 5.75 Å². The van der Waals surface area contributed by atoms with Gasteiger partial charge in [-0.1, -0.05) is 25.0 Å². The van der Waals surface area contributed by atoms with Crippen LogP contribution in [-0.2, 0) is 9.59 Å². The van der Waals surface area contributed by atoms with Gasteiger partial charge in [0.15, 0.2) is 0 Å². The van der Waals surface area contributed by atoms with Crippen LogP contribution in [0.4, 0.5) is 0 Å². The van der Waals surface area contributed by atoms with Crippen molar-refractivity contribution in [2.75, 3.05) is 33.3 Å². The van der Waals surface area contributed by atoms with E-state index >= 15 is 0 Å². The van der Waals surface area contributed by atoms with Gasteiger partial charge in [0.25, 0.3) is 0 Å². The van der Waals surface area contributed by atoms with Gasteiger partial charge in [0.2, 0.25) is 11.8 Å². The van der Waals surface area contributed by atoms with E-state index in [-0.39, 0.29) is 29.6 Å². The number of nitrogens with zero attached hydrogens (tertiary/aromatic N) is 2. The lowest BCUT2D eigenvalue weighted by atomic mass is 9.87. The molecule has 0 unspecified atom stereocenters. The minimum Gasteiger partial charge on any atom is -0.497 e. The largest absolute Gasteiger partial charge is 0.497 e. The van der Waals surface area contributed by atoms with Gasteiger partial charge in [0, 0.05) is 38.0 Å². The highest BCUT2D eigenvalue weighted by atomic mass is 16.5. The van der Waals surface area contributed by atoms with E-state index in [9.17, 15) is 9.59 Å². The van der Waals surface area contributed by atoms with Crippen molar-refractivity contribution in [1.29, 1.82) is 0 Å². The topological polar surface area (TPSA) is 49.9 Å². The number of carbonyl (C=O) groups excluding carboxylic acids is 2. The Labute approximate surface area is 168 Å². The molecule has 1 saturated carbocycles. The molecule has 2 heterocycles. The number of benzene rings is 1. The fourth-order valence-corrected chi connectivity index (χ4v) is 5.20. The highest BCUT2D eigenvalue weighted by Crippen LogP contribution is 2.37. The van der Waals surface area contributed by atoms with Crippen molar-refractivity contribution in [3.63, 3.8) is 0 Å². The zero-order valence-electron chi connectivity index (χ0n) is 16.9. The van der Waals surface area contributed by atoms with Crippen LogP contribution in [0.2, 0.25) is 0 Å². The standard InChI is InChI=1S/C23H32N2O3/c1-28-19-11-9-17(10-12-19)20-15-25(22(26)18-7-3-4-8-18)16-21(20)23(27)24-13-5-2-6-14-24/h9-12,18,20-21H,2-8,13-16H2,1H3/t20-,21-/m0/s1. The number of piperidine rings is 1. The molecule has 2 saturated heterocycles. The van der Waals surface area contributed by atoms with Gasteiger partial charge in [0.05, 0.1) is 13.0 Å². The van der Waals surface area contributed by atoms with Crippen molar-refractivity contribution in [2.45, 2.75) is 50.9 Å². The van der Waals surface area contributed by atoms with Crippen molar-refractivity contribution >= 4 is 11.8 Å². The third kappa shape index (κ3) is 3.89. The van der Waals surface area contributed by atoms with Gasteiger partial charge in [-0.25, -0.2) is 0 Å². The Morgan fingerprint density at radius 1 is 0.857 bits per heavy atom. The molecule has 4 rings (SSSR count). The molecular formula is C23H32N2O3. The first-order valence-corrected chi connectivity index (χ1v) is 10.9. The summed E-state index contributed by atoms with van der Waals surface area (Å²) in [5.74, 6) is 1.44. The molecule has 152 valence electrons. The number of amides is 2. The summed E-state index contributed by atoms with van der Waals surface area (Å²) in [6, 6.07) is 8.03. The van der Waals surface area contributed by atoms with Crippen LogP contribution in [-0.4, -0.2) is 54.9 Å². The highest BCUT2D eigenvalue weighted by molar-refractivity contribution is 5.84. The second-order valence-corrected chi connectivity index (χ2v) is 8.60. The molecule has 0 bridgehead atoms. The minimum atomic E-state index is -0.128. The van der Waals surface area contributed by atoms with Gasteiger partial charge >= 0.3 is 0 Å². The van der Waals surface area contributed by atoms with Crippen LogP contribution < -0.4 is 4.74 Å². The molecular weight excluding hydrogens is 352 g/mol. The summed E-state index contributed by atoms with van der Waals surface area (Å²) in [7, 11) is 1.66. The first-order valence-electron chi connectivity index (χ1n) is 10.9. The lowest BCUT2D eigenvalue weighted by Crippen LogP contribution is -2.42. The SMILES string of the molecule is COc1ccc([C@@H]2CN(C(=O)C3CCCC3)C[C@@H]2C(=O)N2CCCCC2)cc1. The third-order valence-electron chi connectivity index (χ3n) is 6.86. The first-order chi connectivity index (χ1) is 13.7. The van der Waals surface area contributed by atoms with Gasteiger partial charge in [-0.05, 0) is 49.8 Å². The maximum atomic E-state index is 13.4. The van der Waals surface area contributed by atoms with Crippen LogP contribution in [0.3, 0.4) is 0 Å². The molecule has 5 nitrogen and oxygen atoms in total. The average molecular weight is 385 g/mol. The third-order valence-corrected chi connectivity index (χ3v) is 6.86. The number of ether oxygens (including phenoxy) is 1. The molecule has 0 N–H and O–H groups in total. The van der Waals surface area contributed by atoms with Gasteiger partial charge < -0.3 is 14.5 Å². The maximum absolute atomic E-state index is 13.4. The maximum Gasteiger partial charge on any atom is 0.228 e. The van der Waals surface area contributed by atoms with E-state index in [4.69, 9.17) is 4.74 Å². The molecule has 0 aromatic heterocycles. The smallest absolute Gasteiger partial charge is 0.228 e. The van der Waals surface area contributed by atoms with Crippen LogP contribution in [0, 0.1) is 11.8 Å². The van der Waals surface area contributed by atoms with Crippen molar-refractivity contribution in [2.24, 2.45) is 11.8 Å². The summed E-state index contributed by atoms with van der Waals surface area (Å²) >= 11 is 0. The second kappa shape index (κ2) is 8.54. The van der Waals surface area contributed by atoms with E-state index in [1.54, 1.807) is 7.11 Å². The molecule has 0 spiro atoms. The molecule has 2 aliphatic heterocycles.